The second-order valence-corrected chi connectivity index (χ2v) is 5.84. The molecule has 5 nitrogen and oxygen atoms in total. The van der Waals surface area contributed by atoms with Crippen LogP contribution >= 0.6 is 0 Å². The van der Waals surface area contributed by atoms with Crippen LogP contribution in [0, 0.1) is 5.41 Å². The number of hydrogen-bond donors (Lipinski definition) is 1. The summed E-state index contributed by atoms with van der Waals surface area (Å²) in [4.78, 5) is 14.3. The molecular weight excluding hydrogens is 244 g/mol. The zero-order chi connectivity index (χ0) is 13.7. The summed E-state index contributed by atoms with van der Waals surface area (Å²) in [5, 5.41) is 2.78. The third-order valence-electron chi connectivity index (χ3n) is 4.39. The van der Waals surface area contributed by atoms with Crippen molar-refractivity contribution >= 4 is 5.91 Å². The molecule has 110 valence electrons. The van der Waals surface area contributed by atoms with Gasteiger partial charge in [0.05, 0.1) is 25.9 Å². The Hall–Kier alpha value is -0.650. The number of nitrogens with zero attached hydrogens (tertiary/aromatic N) is 1. The van der Waals surface area contributed by atoms with Gasteiger partial charge < -0.3 is 19.7 Å². The highest BCUT2D eigenvalue weighted by molar-refractivity contribution is 5.82. The first kappa shape index (κ1) is 14.8. The van der Waals surface area contributed by atoms with Gasteiger partial charge in [-0.05, 0) is 32.4 Å². The van der Waals surface area contributed by atoms with Gasteiger partial charge in [-0.1, -0.05) is 6.92 Å². The molecular formula is C14H26N2O3. The van der Waals surface area contributed by atoms with E-state index in [1.807, 2.05) is 0 Å². The summed E-state index contributed by atoms with van der Waals surface area (Å²) < 4.78 is 11.1. The molecule has 0 aromatic heterocycles. The summed E-state index contributed by atoms with van der Waals surface area (Å²) >= 11 is 0. The normalized spacial score (nSPS) is 28.0. The van der Waals surface area contributed by atoms with Crippen LogP contribution in [0.2, 0.25) is 0 Å². The molecule has 1 unspecified atom stereocenters. The number of ether oxygens (including phenoxy) is 2. The van der Waals surface area contributed by atoms with Gasteiger partial charge in [-0.3, -0.25) is 4.79 Å². The van der Waals surface area contributed by atoms with Gasteiger partial charge in [0.1, 0.15) is 0 Å². The van der Waals surface area contributed by atoms with E-state index in [9.17, 15) is 4.79 Å². The first-order valence-corrected chi connectivity index (χ1v) is 7.28. The molecule has 1 N–H and O–H groups in total. The summed E-state index contributed by atoms with van der Waals surface area (Å²) in [5.74, 6) is 0.177. The van der Waals surface area contributed by atoms with Gasteiger partial charge in [-0.25, -0.2) is 0 Å². The van der Waals surface area contributed by atoms with Crippen LogP contribution in [0.3, 0.4) is 0 Å². The molecule has 1 amide bonds. The Balaban J connectivity index is 1.69. The van der Waals surface area contributed by atoms with Crippen LogP contribution in [-0.2, 0) is 14.3 Å². The van der Waals surface area contributed by atoms with Crippen molar-refractivity contribution in [2.24, 2.45) is 5.41 Å². The third kappa shape index (κ3) is 3.91. The van der Waals surface area contributed by atoms with Crippen molar-refractivity contribution in [3.05, 3.63) is 0 Å². The number of piperidine rings is 1. The lowest BCUT2D eigenvalue weighted by Gasteiger charge is -2.38. The number of hydrogen-bond acceptors (Lipinski definition) is 4. The molecule has 0 bridgehead atoms. The molecule has 0 radical (unpaired) electrons. The van der Waals surface area contributed by atoms with E-state index in [0.29, 0.717) is 0 Å². The monoisotopic (exact) mass is 270 g/mol. The zero-order valence-electron chi connectivity index (χ0n) is 12.1. The minimum Gasteiger partial charge on any atom is -0.376 e. The zero-order valence-corrected chi connectivity index (χ0v) is 12.1. The Morgan fingerprint density at radius 1 is 1.37 bits per heavy atom. The Labute approximate surface area is 115 Å². The van der Waals surface area contributed by atoms with Gasteiger partial charge in [-0.15, -0.1) is 0 Å². The number of nitrogens with one attached hydrogen (secondary N) is 1. The fraction of sp³-hybridized carbons (Fsp3) is 0.929. The second-order valence-electron chi connectivity index (χ2n) is 5.84. The minimum absolute atomic E-state index is 0.177. The molecule has 0 aromatic rings. The highest BCUT2D eigenvalue weighted by Gasteiger charge is 2.36. The highest BCUT2D eigenvalue weighted by atomic mass is 16.6. The number of carbonyl (C=O) groups is 1. The van der Waals surface area contributed by atoms with Crippen molar-refractivity contribution in [3.8, 4) is 0 Å². The minimum atomic E-state index is -0.185. The summed E-state index contributed by atoms with van der Waals surface area (Å²) in [5.41, 5.74) is -0.185. The quantitative estimate of drug-likeness (QED) is 0.814. The van der Waals surface area contributed by atoms with Crippen molar-refractivity contribution in [1.29, 1.82) is 0 Å². The molecule has 2 fully saturated rings. The van der Waals surface area contributed by atoms with Crippen molar-refractivity contribution in [2.75, 3.05) is 46.5 Å². The summed E-state index contributed by atoms with van der Waals surface area (Å²) in [6.45, 7) is 7.28. The van der Waals surface area contributed by atoms with E-state index in [0.717, 1.165) is 58.7 Å². The predicted molar refractivity (Wildman–Crippen MR) is 73.0 cm³/mol. The molecule has 0 spiro atoms. The van der Waals surface area contributed by atoms with E-state index in [1.165, 1.54) is 0 Å². The Morgan fingerprint density at radius 2 is 2.11 bits per heavy atom. The van der Waals surface area contributed by atoms with Crippen LogP contribution in [0.1, 0.15) is 26.2 Å². The summed E-state index contributed by atoms with van der Waals surface area (Å²) in [6.07, 6.45) is 3.15. The van der Waals surface area contributed by atoms with Gasteiger partial charge in [0.15, 0.2) is 0 Å². The third-order valence-corrected chi connectivity index (χ3v) is 4.39. The molecule has 0 aliphatic carbocycles. The van der Waals surface area contributed by atoms with Gasteiger partial charge in [0.25, 0.3) is 0 Å². The number of carbonyl (C=O) groups excluding carboxylic acids is 1. The molecule has 19 heavy (non-hydrogen) atoms. The van der Waals surface area contributed by atoms with Crippen molar-refractivity contribution in [3.63, 3.8) is 0 Å². The average molecular weight is 270 g/mol. The van der Waals surface area contributed by atoms with Crippen molar-refractivity contribution in [2.45, 2.75) is 32.3 Å². The van der Waals surface area contributed by atoms with Gasteiger partial charge in [0.2, 0.25) is 5.91 Å². The van der Waals surface area contributed by atoms with Gasteiger partial charge in [-0.2, -0.15) is 0 Å². The van der Waals surface area contributed by atoms with Crippen molar-refractivity contribution in [1.82, 2.24) is 10.2 Å². The standard InChI is InChI=1S/C14H26N2O3/c1-14(13(17)15-2)4-7-16(8-5-14)6-3-12-11-18-9-10-19-12/h12H,3-11H2,1-2H3,(H,15,17). The second kappa shape index (κ2) is 6.68. The first-order valence-electron chi connectivity index (χ1n) is 7.28. The molecule has 2 heterocycles. The fourth-order valence-electron chi connectivity index (χ4n) is 2.83. The summed E-state index contributed by atoms with van der Waals surface area (Å²) in [6, 6.07) is 0. The van der Waals surface area contributed by atoms with E-state index in [4.69, 9.17) is 9.47 Å². The van der Waals surface area contributed by atoms with E-state index >= 15 is 0 Å². The molecule has 0 saturated carbocycles. The van der Waals surface area contributed by atoms with Crippen LogP contribution in [0.15, 0.2) is 0 Å². The van der Waals surface area contributed by atoms with Crippen LogP contribution < -0.4 is 5.32 Å². The largest absolute Gasteiger partial charge is 0.376 e. The van der Waals surface area contributed by atoms with E-state index < -0.39 is 0 Å². The Bertz CT molecular complexity index is 295. The predicted octanol–water partition coefficient (Wildman–Crippen LogP) is 0.640. The number of likely N-dealkylation sites (tertiary alicyclic amines) is 1. The molecule has 2 rings (SSSR count). The Morgan fingerprint density at radius 3 is 2.68 bits per heavy atom. The smallest absolute Gasteiger partial charge is 0.225 e. The van der Waals surface area contributed by atoms with Crippen molar-refractivity contribution < 1.29 is 14.3 Å². The molecule has 5 heteroatoms. The van der Waals surface area contributed by atoms with Gasteiger partial charge in [0, 0.05) is 19.0 Å². The van der Waals surface area contributed by atoms with Crippen LogP contribution in [0.25, 0.3) is 0 Å². The summed E-state index contributed by atoms with van der Waals surface area (Å²) in [7, 11) is 1.72. The molecule has 2 aliphatic heterocycles. The highest BCUT2D eigenvalue weighted by Crippen LogP contribution is 2.31. The molecule has 1 atom stereocenters. The molecule has 2 saturated heterocycles. The van der Waals surface area contributed by atoms with Crippen LogP contribution in [-0.4, -0.2) is 63.4 Å². The van der Waals surface area contributed by atoms with Crippen LogP contribution in [0.4, 0.5) is 0 Å². The van der Waals surface area contributed by atoms with Gasteiger partial charge >= 0.3 is 0 Å². The van der Waals surface area contributed by atoms with E-state index in [2.05, 4.69) is 17.1 Å². The maximum Gasteiger partial charge on any atom is 0.225 e. The van der Waals surface area contributed by atoms with Crippen LogP contribution in [0.5, 0.6) is 0 Å². The molecule has 2 aliphatic rings. The lowest BCUT2D eigenvalue weighted by molar-refractivity contribution is -0.132. The molecule has 0 aromatic carbocycles. The maximum atomic E-state index is 11.8. The number of rotatable bonds is 4. The lowest BCUT2D eigenvalue weighted by atomic mass is 9.79. The topological polar surface area (TPSA) is 50.8 Å². The SMILES string of the molecule is CNC(=O)C1(C)CCN(CCC2COCCO2)CC1. The maximum absolute atomic E-state index is 11.8. The Kier molecular flexibility index (Phi) is 5.19. The number of amides is 1. The average Bonchev–Trinajstić information content (AvgIpc) is 2.47. The lowest BCUT2D eigenvalue weighted by Crippen LogP contribution is -2.47. The fourth-order valence-corrected chi connectivity index (χ4v) is 2.83. The van der Waals surface area contributed by atoms with E-state index in [-0.39, 0.29) is 17.4 Å². The first-order chi connectivity index (χ1) is 9.14. The van der Waals surface area contributed by atoms with E-state index in [1.54, 1.807) is 7.05 Å².